The molecule has 0 amide bonds. The van der Waals surface area contributed by atoms with Gasteiger partial charge in [0, 0.05) is 35.0 Å². The number of nitrogens with zero attached hydrogens (tertiary/aromatic N) is 2. The SMILES string of the molecule is CC(C)(C)c1noc2c3c(ccc12)CN(C(C)(C)C)C3. The lowest BCUT2D eigenvalue weighted by molar-refractivity contribution is 0.136. The normalized spacial score (nSPS) is 16.9. The quantitative estimate of drug-likeness (QED) is 0.718. The molecular formula is C17H24N2O. The minimum Gasteiger partial charge on any atom is -0.356 e. The van der Waals surface area contributed by atoms with Crippen molar-refractivity contribution < 1.29 is 4.52 Å². The number of hydrogen-bond donors (Lipinski definition) is 0. The molecule has 20 heavy (non-hydrogen) atoms. The van der Waals surface area contributed by atoms with E-state index >= 15 is 0 Å². The van der Waals surface area contributed by atoms with E-state index in [0.717, 1.165) is 24.4 Å². The Balaban J connectivity index is 2.11. The molecule has 0 saturated carbocycles. The van der Waals surface area contributed by atoms with E-state index in [2.05, 4.69) is 63.7 Å². The number of fused-ring (bicyclic) bond motifs is 3. The van der Waals surface area contributed by atoms with E-state index in [4.69, 9.17) is 4.52 Å². The van der Waals surface area contributed by atoms with Gasteiger partial charge in [0.1, 0.15) is 0 Å². The van der Waals surface area contributed by atoms with Gasteiger partial charge in [-0.25, -0.2) is 0 Å². The fourth-order valence-electron chi connectivity index (χ4n) is 2.89. The fraction of sp³-hybridized carbons (Fsp3) is 0.588. The van der Waals surface area contributed by atoms with Gasteiger partial charge >= 0.3 is 0 Å². The summed E-state index contributed by atoms with van der Waals surface area (Å²) in [4.78, 5) is 2.48. The van der Waals surface area contributed by atoms with Crippen molar-refractivity contribution in [2.45, 2.75) is 65.6 Å². The van der Waals surface area contributed by atoms with E-state index in [0.29, 0.717) is 0 Å². The standard InChI is InChI=1S/C17H24N2O/c1-16(2,3)15-12-8-7-11-9-19(17(4,5)6)10-13(11)14(12)20-18-15/h7-8H,9-10H2,1-6H3. The zero-order valence-corrected chi connectivity index (χ0v) is 13.4. The van der Waals surface area contributed by atoms with E-state index in [1.54, 1.807) is 0 Å². The molecule has 0 atom stereocenters. The molecule has 0 aliphatic carbocycles. The molecule has 3 rings (SSSR count). The molecule has 0 unspecified atom stereocenters. The molecule has 3 nitrogen and oxygen atoms in total. The van der Waals surface area contributed by atoms with Crippen molar-refractivity contribution in [1.82, 2.24) is 10.1 Å². The number of benzene rings is 1. The van der Waals surface area contributed by atoms with E-state index in [1.807, 2.05) is 0 Å². The summed E-state index contributed by atoms with van der Waals surface area (Å²) in [6.07, 6.45) is 0. The molecule has 108 valence electrons. The van der Waals surface area contributed by atoms with Gasteiger partial charge in [0.25, 0.3) is 0 Å². The van der Waals surface area contributed by atoms with Crippen LogP contribution in [0.4, 0.5) is 0 Å². The van der Waals surface area contributed by atoms with Crippen molar-refractivity contribution in [3.8, 4) is 0 Å². The third kappa shape index (κ3) is 2.05. The van der Waals surface area contributed by atoms with Crippen LogP contribution in [0.2, 0.25) is 0 Å². The smallest absolute Gasteiger partial charge is 0.171 e. The summed E-state index contributed by atoms with van der Waals surface area (Å²) >= 11 is 0. The maximum absolute atomic E-state index is 5.70. The van der Waals surface area contributed by atoms with E-state index < -0.39 is 0 Å². The lowest BCUT2D eigenvalue weighted by atomic mass is 9.89. The molecular weight excluding hydrogens is 248 g/mol. The molecule has 2 aromatic rings. The Morgan fingerprint density at radius 2 is 1.75 bits per heavy atom. The monoisotopic (exact) mass is 272 g/mol. The third-order valence-corrected chi connectivity index (χ3v) is 4.21. The molecule has 0 radical (unpaired) electrons. The Labute approximate surface area is 120 Å². The minimum absolute atomic E-state index is 0.0157. The maximum atomic E-state index is 5.70. The molecule has 1 aromatic heterocycles. The van der Waals surface area contributed by atoms with Crippen molar-refractivity contribution in [2.24, 2.45) is 0 Å². The van der Waals surface area contributed by atoms with Crippen LogP contribution in [0.3, 0.4) is 0 Å². The van der Waals surface area contributed by atoms with Crippen molar-refractivity contribution in [3.63, 3.8) is 0 Å². The molecule has 1 aliphatic rings. The molecule has 0 spiro atoms. The van der Waals surface area contributed by atoms with Crippen LogP contribution >= 0.6 is 0 Å². The van der Waals surface area contributed by atoms with E-state index in [9.17, 15) is 0 Å². The first-order valence-corrected chi connectivity index (χ1v) is 7.33. The third-order valence-electron chi connectivity index (χ3n) is 4.21. The van der Waals surface area contributed by atoms with Gasteiger partial charge in [0.2, 0.25) is 0 Å². The largest absolute Gasteiger partial charge is 0.356 e. The van der Waals surface area contributed by atoms with Gasteiger partial charge in [-0.3, -0.25) is 4.90 Å². The first-order chi connectivity index (χ1) is 9.18. The number of hydrogen-bond acceptors (Lipinski definition) is 3. The summed E-state index contributed by atoms with van der Waals surface area (Å²) in [5.74, 6) is 0. The number of aromatic nitrogens is 1. The zero-order valence-electron chi connectivity index (χ0n) is 13.4. The zero-order chi connectivity index (χ0) is 14.7. The van der Waals surface area contributed by atoms with Crippen LogP contribution in [-0.4, -0.2) is 15.6 Å². The van der Waals surface area contributed by atoms with Gasteiger partial charge in [-0.05, 0) is 32.4 Å². The highest BCUT2D eigenvalue weighted by Crippen LogP contribution is 2.37. The van der Waals surface area contributed by atoms with Crippen molar-refractivity contribution in [2.75, 3.05) is 0 Å². The molecule has 0 bridgehead atoms. The molecule has 2 heterocycles. The molecule has 0 N–H and O–H groups in total. The Bertz CT molecular complexity index is 656. The summed E-state index contributed by atoms with van der Waals surface area (Å²) in [6.45, 7) is 15.3. The van der Waals surface area contributed by atoms with Gasteiger partial charge in [-0.15, -0.1) is 0 Å². The van der Waals surface area contributed by atoms with E-state index in [1.165, 1.54) is 16.5 Å². The van der Waals surface area contributed by atoms with Crippen LogP contribution < -0.4 is 0 Å². The first kappa shape index (κ1) is 13.6. The van der Waals surface area contributed by atoms with Crippen LogP contribution in [0.5, 0.6) is 0 Å². The summed E-state index contributed by atoms with van der Waals surface area (Å²) in [6, 6.07) is 4.42. The highest BCUT2D eigenvalue weighted by molar-refractivity contribution is 5.84. The van der Waals surface area contributed by atoms with Gasteiger partial charge in [0.15, 0.2) is 5.58 Å². The van der Waals surface area contributed by atoms with E-state index in [-0.39, 0.29) is 11.0 Å². The Hall–Kier alpha value is -1.35. The maximum Gasteiger partial charge on any atom is 0.171 e. The molecule has 1 aromatic carbocycles. The van der Waals surface area contributed by atoms with Crippen LogP contribution in [0.25, 0.3) is 11.0 Å². The highest BCUT2D eigenvalue weighted by atomic mass is 16.5. The minimum atomic E-state index is 0.0157. The van der Waals surface area contributed by atoms with Gasteiger partial charge in [-0.2, -0.15) is 0 Å². The lowest BCUT2D eigenvalue weighted by Crippen LogP contribution is -2.36. The Morgan fingerprint density at radius 1 is 1.05 bits per heavy atom. The first-order valence-electron chi connectivity index (χ1n) is 7.33. The average molecular weight is 272 g/mol. The van der Waals surface area contributed by atoms with Crippen LogP contribution in [0.15, 0.2) is 16.7 Å². The highest BCUT2D eigenvalue weighted by Gasteiger charge is 2.32. The van der Waals surface area contributed by atoms with Crippen LogP contribution in [0.1, 0.15) is 58.4 Å². The summed E-state index contributed by atoms with van der Waals surface area (Å²) in [5, 5.41) is 5.51. The predicted octanol–water partition coefficient (Wildman–Crippen LogP) is 4.24. The summed E-state index contributed by atoms with van der Waals surface area (Å²) in [5.41, 5.74) is 4.94. The van der Waals surface area contributed by atoms with Crippen molar-refractivity contribution in [1.29, 1.82) is 0 Å². The van der Waals surface area contributed by atoms with Crippen LogP contribution in [-0.2, 0) is 18.5 Å². The Morgan fingerprint density at radius 3 is 2.35 bits per heavy atom. The molecule has 3 heteroatoms. The molecule has 0 fully saturated rings. The van der Waals surface area contributed by atoms with Gasteiger partial charge in [0.05, 0.1) is 5.69 Å². The van der Waals surface area contributed by atoms with Crippen molar-refractivity contribution in [3.05, 3.63) is 29.0 Å². The van der Waals surface area contributed by atoms with Crippen LogP contribution in [0, 0.1) is 0 Å². The second-order valence-corrected chi connectivity index (χ2v) is 7.89. The second-order valence-electron chi connectivity index (χ2n) is 7.89. The predicted molar refractivity (Wildman–Crippen MR) is 81.7 cm³/mol. The topological polar surface area (TPSA) is 29.3 Å². The number of rotatable bonds is 0. The summed E-state index contributed by atoms with van der Waals surface area (Å²) < 4.78 is 5.70. The summed E-state index contributed by atoms with van der Waals surface area (Å²) in [7, 11) is 0. The second kappa shape index (κ2) is 4.08. The van der Waals surface area contributed by atoms with Gasteiger partial charge in [-0.1, -0.05) is 32.0 Å². The average Bonchev–Trinajstić information content (AvgIpc) is 2.90. The Kier molecular flexibility index (Phi) is 2.78. The molecule has 1 aliphatic heterocycles. The van der Waals surface area contributed by atoms with Crippen molar-refractivity contribution >= 4 is 11.0 Å². The molecule has 0 saturated heterocycles. The lowest BCUT2D eigenvalue weighted by Gasteiger charge is -2.31. The fourth-order valence-corrected chi connectivity index (χ4v) is 2.89. The van der Waals surface area contributed by atoms with Gasteiger partial charge < -0.3 is 4.52 Å².